The molecule has 0 fully saturated rings. The van der Waals surface area contributed by atoms with Gasteiger partial charge in [-0.1, -0.05) is 11.2 Å². The number of nitrogens with one attached hydrogen (secondary N) is 1. The lowest BCUT2D eigenvalue weighted by Crippen LogP contribution is -2.07. The number of hydrogen-bond acceptors (Lipinski definition) is 4. The Labute approximate surface area is 100 Å². The molecule has 0 spiro atoms. The second-order valence-electron chi connectivity index (χ2n) is 3.85. The Hall–Kier alpha value is -2.04. The highest BCUT2D eigenvalue weighted by molar-refractivity contribution is 5.31. The summed E-state index contributed by atoms with van der Waals surface area (Å²) in [7, 11) is 0. The molecule has 17 heavy (non-hydrogen) atoms. The molecule has 2 rings (SSSR count). The third kappa shape index (κ3) is 2.38. The zero-order valence-electron chi connectivity index (χ0n) is 10.1. The highest BCUT2D eigenvalue weighted by Gasteiger charge is 2.09. The van der Waals surface area contributed by atoms with E-state index in [9.17, 15) is 0 Å². The minimum Gasteiger partial charge on any atom is -0.361 e. The van der Waals surface area contributed by atoms with Gasteiger partial charge in [-0.2, -0.15) is 0 Å². The van der Waals surface area contributed by atoms with Crippen LogP contribution in [0.5, 0.6) is 0 Å². The first-order valence-electron chi connectivity index (χ1n) is 5.50. The van der Waals surface area contributed by atoms with Crippen molar-refractivity contribution in [1.29, 1.82) is 0 Å². The molecule has 0 amide bonds. The summed E-state index contributed by atoms with van der Waals surface area (Å²) in [6, 6.07) is 0. The fraction of sp³-hybridized carbons (Fsp3) is 0.333. The van der Waals surface area contributed by atoms with Crippen LogP contribution in [-0.2, 0) is 13.1 Å². The Morgan fingerprint density at radius 3 is 3.00 bits per heavy atom. The minimum atomic E-state index is 0.662. The lowest BCUT2D eigenvalue weighted by molar-refractivity contribution is 0.392. The molecule has 0 aromatic carbocycles. The third-order valence-electron chi connectivity index (χ3n) is 2.65. The van der Waals surface area contributed by atoms with E-state index in [2.05, 4.69) is 22.0 Å². The molecule has 0 aliphatic heterocycles. The Morgan fingerprint density at radius 1 is 1.53 bits per heavy atom. The van der Waals surface area contributed by atoms with Gasteiger partial charge in [0.1, 0.15) is 5.76 Å². The molecule has 1 N–H and O–H groups in total. The molecule has 0 atom stereocenters. The van der Waals surface area contributed by atoms with E-state index >= 15 is 0 Å². The number of nitrogens with zero attached hydrogens (tertiary/aromatic N) is 3. The van der Waals surface area contributed by atoms with Gasteiger partial charge in [0.15, 0.2) is 0 Å². The van der Waals surface area contributed by atoms with Crippen molar-refractivity contribution in [3.05, 3.63) is 42.1 Å². The molecule has 5 nitrogen and oxygen atoms in total. The molecular weight excluding hydrogens is 216 g/mol. The maximum atomic E-state index is 5.11. The predicted octanol–water partition coefficient (Wildman–Crippen LogP) is 2.29. The minimum absolute atomic E-state index is 0.662. The number of hydrogen-bond donors (Lipinski definition) is 1. The molecule has 2 aromatic heterocycles. The number of aromatic nitrogens is 3. The van der Waals surface area contributed by atoms with Crippen LogP contribution < -0.4 is 5.32 Å². The van der Waals surface area contributed by atoms with E-state index in [1.807, 2.05) is 30.7 Å². The van der Waals surface area contributed by atoms with Crippen molar-refractivity contribution < 1.29 is 4.52 Å². The van der Waals surface area contributed by atoms with Gasteiger partial charge in [0.2, 0.25) is 5.95 Å². The summed E-state index contributed by atoms with van der Waals surface area (Å²) in [4.78, 5) is 4.25. The Balaban J connectivity index is 2.07. The van der Waals surface area contributed by atoms with E-state index in [1.54, 1.807) is 6.20 Å². The number of aryl methyl sites for hydroxylation is 2. The Bertz CT molecular complexity index is 493. The monoisotopic (exact) mass is 232 g/mol. The van der Waals surface area contributed by atoms with Gasteiger partial charge in [-0.3, -0.25) is 0 Å². The number of rotatable bonds is 5. The first-order chi connectivity index (χ1) is 8.22. The molecule has 0 bridgehead atoms. The average Bonchev–Trinajstić information content (AvgIpc) is 2.86. The summed E-state index contributed by atoms with van der Waals surface area (Å²) >= 11 is 0. The summed E-state index contributed by atoms with van der Waals surface area (Å²) in [6.45, 7) is 8.96. The van der Waals surface area contributed by atoms with Gasteiger partial charge in [-0.25, -0.2) is 4.98 Å². The molecule has 0 saturated heterocycles. The van der Waals surface area contributed by atoms with Crippen molar-refractivity contribution >= 4 is 5.95 Å². The lowest BCUT2D eigenvalue weighted by atomic mass is 10.2. The molecule has 0 aliphatic rings. The average molecular weight is 232 g/mol. The van der Waals surface area contributed by atoms with E-state index in [0.717, 1.165) is 29.5 Å². The largest absolute Gasteiger partial charge is 0.361 e. The summed E-state index contributed by atoms with van der Waals surface area (Å²) in [5.41, 5.74) is 2.00. The maximum absolute atomic E-state index is 5.11. The van der Waals surface area contributed by atoms with Crippen LogP contribution in [0.4, 0.5) is 5.95 Å². The van der Waals surface area contributed by atoms with Gasteiger partial charge >= 0.3 is 0 Å². The first kappa shape index (κ1) is 11.4. The second-order valence-corrected chi connectivity index (χ2v) is 3.85. The summed E-state index contributed by atoms with van der Waals surface area (Å²) in [6.07, 6.45) is 5.51. The van der Waals surface area contributed by atoms with E-state index in [0.29, 0.717) is 6.54 Å². The summed E-state index contributed by atoms with van der Waals surface area (Å²) < 4.78 is 7.10. The van der Waals surface area contributed by atoms with Crippen LogP contribution in [0.3, 0.4) is 0 Å². The van der Waals surface area contributed by atoms with Gasteiger partial charge in [0, 0.05) is 31.0 Å². The van der Waals surface area contributed by atoms with Crippen LogP contribution in [0, 0.1) is 13.8 Å². The van der Waals surface area contributed by atoms with Crippen molar-refractivity contribution in [2.45, 2.75) is 26.9 Å². The highest BCUT2D eigenvalue weighted by Crippen LogP contribution is 2.14. The summed E-state index contributed by atoms with van der Waals surface area (Å²) in [5, 5.41) is 7.18. The van der Waals surface area contributed by atoms with Crippen molar-refractivity contribution in [1.82, 2.24) is 14.7 Å². The smallest absolute Gasteiger partial charge is 0.203 e. The quantitative estimate of drug-likeness (QED) is 0.803. The normalized spacial score (nSPS) is 10.5. The van der Waals surface area contributed by atoms with E-state index < -0.39 is 0 Å². The zero-order valence-corrected chi connectivity index (χ0v) is 10.1. The molecule has 0 aliphatic carbocycles. The van der Waals surface area contributed by atoms with Gasteiger partial charge in [0.05, 0.1) is 5.69 Å². The molecule has 2 aromatic rings. The van der Waals surface area contributed by atoms with Crippen LogP contribution >= 0.6 is 0 Å². The number of anilines is 1. The molecule has 0 saturated carbocycles. The molecule has 90 valence electrons. The lowest BCUT2D eigenvalue weighted by Gasteiger charge is -2.07. The fourth-order valence-electron chi connectivity index (χ4n) is 1.68. The molecule has 0 unspecified atom stereocenters. The topological polar surface area (TPSA) is 55.9 Å². The third-order valence-corrected chi connectivity index (χ3v) is 2.65. The summed E-state index contributed by atoms with van der Waals surface area (Å²) in [5.74, 6) is 1.67. The van der Waals surface area contributed by atoms with Crippen LogP contribution in [0.15, 0.2) is 29.6 Å². The second kappa shape index (κ2) is 4.86. The highest BCUT2D eigenvalue weighted by atomic mass is 16.5. The van der Waals surface area contributed by atoms with Gasteiger partial charge in [-0.15, -0.1) is 6.58 Å². The molecule has 0 radical (unpaired) electrons. The zero-order chi connectivity index (χ0) is 12.3. The standard InChI is InChI=1S/C12H16N4O/c1-4-6-16-7-5-13-12(16)14-8-11-9(2)15-17-10(11)3/h4-5,7H,1,6,8H2,2-3H3,(H,13,14). The van der Waals surface area contributed by atoms with Gasteiger partial charge in [-0.05, 0) is 13.8 Å². The SMILES string of the molecule is C=CCn1ccnc1NCc1c(C)noc1C. The number of allylic oxidation sites excluding steroid dienone is 1. The molecule has 2 heterocycles. The molecular formula is C12H16N4O. The van der Waals surface area contributed by atoms with E-state index in [-0.39, 0.29) is 0 Å². The van der Waals surface area contributed by atoms with Crippen molar-refractivity contribution in [3.8, 4) is 0 Å². The van der Waals surface area contributed by atoms with E-state index in [1.165, 1.54) is 0 Å². The van der Waals surface area contributed by atoms with Crippen LogP contribution in [-0.4, -0.2) is 14.7 Å². The van der Waals surface area contributed by atoms with Gasteiger partial charge in [0.25, 0.3) is 0 Å². The van der Waals surface area contributed by atoms with Gasteiger partial charge < -0.3 is 14.4 Å². The van der Waals surface area contributed by atoms with Crippen LogP contribution in [0.1, 0.15) is 17.0 Å². The van der Waals surface area contributed by atoms with Crippen LogP contribution in [0.25, 0.3) is 0 Å². The van der Waals surface area contributed by atoms with Crippen molar-refractivity contribution in [2.24, 2.45) is 0 Å². The number of imidazole rings is 1. The van der Waals surface area contributed by atoms with Crippen molar-refractivity contribution in [2.75, 3.05) is 5.32 Å². The van der Waals surface area contributed by atoms with Crippen LogP contribution in [0.2, 0.25) is 0 Å². The fourth-order valence-corrected chi connectivity index (χ4v) is 1.68. The Kier molecular flexibility index (Phi) is 3.27. The van der Waals surface area contributed by atoms with E-state index in [4.69, 9.17) is 4.52 Å². The Morgan fingerprint density at radius 2 is 2.35 bits per heavy atom. The maximum Gasteiger partial charge on any atom is 0.203 e. The molecule has 5 heteroatoms. The first-order valence-corrected chi connectivity index (χ1v) is 5.50. The predicted molar refractivity (Wildman–Crippen MR) is 65.7 cm³/mol. The van der Waals surface area contributed by atoms with Crippen molar-refractivity contribution in [3.63, 3.8) is 0 Å².